The molecule has 2 aromatic rings. The number of hydrogen-bond acceptors (Lipinski definition) is 3. The first-order valence-electron chi connectivity index (χ1n) is 5.31. The maximum absolute atomic E-state index is 13.3. The van der Waals surface area contributed by atoms with Crippen molar-refractivity contribution in [1.82, 2.24) is 4.98 Å². The molecule has 0 aliphatic rings. The third kappa shape index (κ3) is 2.79. The number of benzene rings is 1. The first-order valence-corrected chi connectivity index (χ1v) is 5.31. The van der Waals surface area contributed by atoms with Crippen LogP contribution in [-0.2, 0) is 0 Å². The van der Waals surface area contributed by atoms with Crippen LogP contribution in [0.15, 0.2) is 42.6 Å². The Bertz CT molecular complexity index is 497. The maximum Gasteiger partial charge on any atom is 0.165 e. The number of nitrogens with two attached hydrogens (primary N) is 1. The van der Waals surface area contributed by atoms with Gasteiger partial charge in [-0.05, 0) is 31.2 Å². The van der Waals surface area contributed by atoms with E-state index in [1.54, 1.807) is 30.3 Å². The fraction of sp³-hybridized carbons (Fsp3) is 0.154. The lowest BCUT2D eigenvalue weighted by Crippen LogP contribution is -2.06. The van der Waals surface area contributed by atoms with Gasteiger partial charge < -0.3 is 10.5 Å². The Hall–Kier alpha value is -1.94. The van der Waals surface area contributed by atoms with Gasteiger partial charge in [-0.3, -0.25) is 4.98 Å². The summed E-state index contributed by atoms with van der Waals surface area (Å²) in [6.07, 6.45) is 1.53. The van der Waals surface area contributed by atoms with Gasteiger partial charge in [0, 0.05) is 6.04 Å². The monoisotopic (exact) mass is 232 g/mol. The number of hydrogen-bond donors (Lipinski definition) is 1. The van der Waals surface area contributed by atoms with Crippen molar-refractivity contribution < 1.29 is 9.13 Å². The number of halogens is 1. The van der Waals surface area contributed by atoms with E-state index in [1.807, 2.05) is 6.92 Å². The first-order chi connectivity index (χ1) is 8.16. The van der Waals surface area contributed by atoms with Crippen LogP contribution in [0.4, 0.5) is 4.39 Å². The molecule has 1 aromatic heterocycles. The summed E-state index contributed by atoms with van der Waals surface area (Å²) >= 11 is 0. The topological polar surface area (TPSA) is 48.1 Å². The van der Waals surface area contributed by atoms with Gasteiger partial charge in [0.2, 0.25) is 0 Å². The van der Waals surface area contributed by atoms with Gasteiger partial charge in [-0.15, -0.1) is 0 Å². The lowest BCUT2D eigenvalue weighted by Gasteiger charge is -2.08. The smallest absolute Gasteiger partial charge is 0.165 e. The fourth-order valence-electron chi connectivity index (χ4n) is 1.38. The van der Waals surface area contributed by atoms with Crippen molar-refractivity contribution >= 4 is 0 Å². The van der Waals surface area contributed by atoms with Crippen molar-refractivity contribution in [3.63, 3.8) is 0 Å². The average molecular weight is 232 g/mol. The normalized spacial score (nSPS) is 12.2. The standard InChI is InChI=1S/C13H13FN2O/c1-9(15)12-7-6-10(8-16-12)17-13-5-3-2-4-11(13)14/h2-9H,15H2,1H3/t9-/m0/s1. The van der Waals surface area contributed by atoms with E-state index < -0.39 is 5.82 Å². The molecule has 1 atom stereocenters. The van der Waals surface area contributed by atoms with Crippen LogP contribution in [0.5, 0.6) is 11.5 Å². The Morgan fingerprint density at radius 2 is 2.00 bits per heavy atom. The molecule has 2 N–H and O–H groups in total. The highest BCUT2D eigenvalue weighted by atomic mass is 19.1. The maximum atomic E-state index is 13.3. The van der Waals surface area contributed by atoms with E-state index in [-0.39, 0.29) is 11.8 Å². The van der Waals surface area contributed by atoms with Gasteiger partial charge in [0.05, 0.1) is 11.9 Å². The second-order valence-corrected chi connectivity index (χ2v) is 3.74. The zero-order chi connectivity index (χ0) is 12.3. The van der Waals surface area contributed by atoms with Gasteiger partial charge in [-0.2, -0.15) is 0 Å². The molecule has 0 unspecified atom stereocenters. The molecule has 1 aromatic carbocycles. The predicted octanol–water partition coefficient (Wildman–Crippen LogP) is 3.03. The van der Waals surface area contributed by atoms with Crippen LogP contribution in [0, 0.1) is 5.82 Å². The number of nitrogens with zero attached hydrogens (tertiary/aromatic N) is 1. The molecule has 0 fully saturated rings. The second kappa shape index (κ2) is 4.93. The average Bonchev–Trinajstić information content (AvgIpc) is 2.33. The van der Waals surface area contributed by atoms with Crippen molar-refractivity contribution in [3.05, 3.63) is 54.1 Å². The molecule has 1 heterocycles. The van der Waals surface area contributed by atoms with E-state index in [2.05, 4.69) is 4.98 Å². The molecule has 2 rings (SSSR count). The molecule has 17 heavy (non-hydrogen) atoms. The fourth-order valence-corrected chi connectivity index (χ4v) is 1.38. The largest absolute Gasteiger partial charge is 0.453 e. The molecular formula is C13H13FN2O. The Morgan fingerprint density at radius 1 is 1.24 bits per heavy atom. The molecule has 0 saturated carbocycles. The lowest BCUT2D eigenvalue weighted by molar-refractivity contribution is 0.440. The molecular weight excluding hydrogens is 219 g/mol. The van der Waals surface area contributed by atoms with E-state index in [9.17, 15) is 4.39 Å². The number of para-hydroxylation sites is 1. The Morgan fingerprint density at radius 3 is 2.59 bits per heavy atom. The van der Waals surface area contributed by atoms with E-state index in [4.69, 9.17) is 10.5 Å². The molecule has 0 aliphatic heterocycles. The summed E-state index contributed by atoms with van der Waals surface area (Å²) in [7, 11) is 0. The summed E-state index contributed by atoms with van der Waals surface area (Å²) in [5, 5.41) is 0. The van der Waals surface area contributed by atoms with Crippen LogP contribution in [0.2, 0.25) is 0 Å². The van der Waals surface area contributed by atoms with Crippen molar-refractivity contribution in [2.24, 2.45) is 5.73 Å². The number of aromatic nitrogens is 1. The van der Waals surface area contributed by atoms with Crippen LogP contribution in [0.3, 0.4) is 0 Å². The summed E-state index contributed by atoms with van der Waals surface area (Å²) < 4.78 is 18.7. The third-order valence-electron chi connectivity index (χ3n) is 2.29. The van der Waals surface area contributed by atoms with Crippen molar-refractivity contribution in [2.45, 2.75) is 13.0 Å². The first kappa shape index (κ1) is 11.5. The van der Waals surface area contributed by atoms with Gasteiger partial charge in [0.1, 0.15) is 5.75 Å². The molecule has 3 nitrogen and oxygen atoms in total. The van der Waals surface area contributed by atoms with Crippen LogP contribution in [0.1, 0.15) is 18.7 Å². The predicted molar refractivity (Wildman–Crippen MR) is 63.3 cm³/mol. The highest BCUT2D eigenvalue weighted by molar-refractivity contribution is 5.31. The number of pyridine rings is 1. The quantitative estimate of drug-likeness (QED) is 0.884. The molecule has 88 valence electrons. The van der Waals surface area contributed by atoms with Crippen LogP contribution in [0.25, 0.3) is 0 Å². The number of rotatable bonds is 3. The Balaban J connectivity index is 2.17. The van der Waals surface area contributed by atoms with E-state index >= 15 is 0 Å². The van der Waals surface area contributed by atoms with Gasteiger partial charge in [0.15, 0.2) is 11.6 Å². The molecule has 0 saturated heterocycles. The van der Waals surface area contributed by atoms with Crippen molar-refractivity contribution in [2.75, 3.05) is 0 Å². The van der Waals surface area contributed by atoms with Crippen molar-refractivity contribution in [3.8, 4) is 11.5 Å². The zero-order valence-corrected chi connectivity index (χ0v) is 9.43. The van der Waals surface area contributed by atoms with Crippen LogP contribution >= 0.6 is 0 Å². The summed E-state index contributed by atoms with van der Waals surface area (Å²) in [5.74, 6) is 0.270. The zero-order valence-electron chi connectivity index (χ0n) is 9.43. The molecule has 4 heteroatoms. The molecule has 0 amide bonds. The van der Waals surface area contributed by atoms with Gasteiger partial charge in [-0.1, -0.05) is 12.1 Å². The minimum Gasteiger partial charge on any atom is -0.453 e. The summed E-state index contributed by atoms with van der Waals surface area (Å²) in [6.45, 7) is 1.85. The van der Waals surface area contributed by atoms with Gasteiger partial charge >= 0.3 is 0 Å². The van der Waals surface area contributed by atoms with Crippen LogP contribution < -0.4 is 10.5 Å². The van der Waals surface area contributed by atoms with E-state index in [1.165, 1.54) is 12.3 Å². The van der Waals surface area contributed by atoms with E-state index in [0.717, 1.165) is 5.69 Å². The van der Waals surface area contributed by atoms with E-state index in [0.29, 0.717) is 5.75 Å². The SMILES string of the molecule is C[C@H](N)c1ccc(Oc2ccccc2F)cn1. The van der Waals surface area contributed by atoms with Crippen molar-refractivity contribution in [1.29, 1.82) is 0 Å². The molecule has 0 spiro atoms. The minimum atomic E-state index is -0.399. The number of ether oxygens (including phenoxy) is 1. The summed E-state index contributed by atoms with van der Waals surface area (Å²) in [6, 6.07) is 9.59. The summed E-state index contributed by atoms with van der Waals surface area (Å²) in [4.78, 5) is 4.13. The third-order valence-corrected chi connectivity index (χ3v) is 2.29. The lowest BCUT2D eigenvalue weighted by atomic mass is 10.2. The Labute approximate surface area is 99.1 Å². The molecule has 0 bridgehead atoms. The Kier molecular flexibility index (Phi) is 3.35. The molecule has 0 aliphatic carbocycles. The second-order valence-electron chi connectivity index (χ2n) is 3.74. The van der Waals surface area contributed by atoms with Gasteiger partial charge in [-0.25, -0.2) is 4.39 Å². The highest BCUT2D eigenvalue weighted by Gasteiger charge is 2.05. The molecule has 0 radical (unpaired) electrons. The van der Waals surface area contributed by atoms with Gasteiger partial charge in [0.25, 0.3) is 0 Å². The highest BCUT2D eigenvalue weighted by Crippen LogP contribution is 2.23. The van der Waals surface area contributed by atoms with Crippen LogP contribution in [-0.4, -0.2) is 4.98 Å². The minimum absolute atomic E-state index is 0.127. The summed E-state index contributed by atoms with van der Waals surface area (Å²) in [5.41, 5.74) is 6.45.